The maximum atomic E-state index is 12.2. The largest absolute Gasteiger partial charge is 0.478 e. The van der Waals surface area contributed by atoms with E-state index in [9.17, 15) is 9.59 Å². The van der Waals surface area contributed by atoms with Crippen LogP contribution in [0.1, 0.15) is 54.4 Å². The summed E-state index contributed by atoms with van der Waals surface area (Å²) in [6.45, 7) is 1.43. The lowest BCUT2D eigenvalue weighted by Gasteiger charge is -2.37. The molecular weight excluding hydrogens is 306 g/mol. The third-order valence-electron chi connectivity index (χ3n) is 4.98. The minimum Gasteiger partial charge on any atom is -0.478 e. The second-order valence-corrected chi connectivity index (χ2v) is 6.76. The number of methoxy groups -OCH3 is 1. The van der Waals surface area contributed by atoms with Gasteiger partial charge in [0.15, 0.2) is 0 Å². The van der Waals surface area contributed by atoms with E-state index in [1.54, 1.807) is 19.2 Å². The summed E-state index contributed by atoms with van der Waals surface area (Å²) < 4.78 is 5.24. The third-order valence-corrected chi connectivity index (χ3v) is 4.98. The topological polar surface area (TPSA) is 75.6 Å². The van der Waals surface area contributed by atoms with Crippen LogP contribution >= 0.6 is 0 Å². The predicted octanol–water partition coefficient (Wildman–Crippen LogP) is 3.03. The number of carbonyl (C=O) groups is 2. The minimum absolute atomic E-state index is 0.0135. The predicted molar refractivity (Wildman–Crippen MR) is 92.1 cm³/mol. The summed E-state index contributed by atoms with van der Waals surface area (Å²) in [6.07, 6.45) is 7.26. The van der Waals surface area contributed by atoms with Gasteiger partial charge in [0.2, 0.25) is 5.91 Å². The van der Waals surface area contributed by atoms with Crippen LogP contribution in [0.25, 0.3) is 0 Å². The first-order chi connectivity index (χ1) is 11.5. The molecular formula is C19H27NO4. The molecule has 1 aliphatic carbocycles. The molecule has 1 fully saturated rings. The molecule has 24 heavy (non-hydrogen) atoms. The van der Waals surface area contributed by atoms with Crippen molar-refractivity contribution in [1.82, 2.24) is 5.32 Å². The lowest BCUT2D eigenvalue weighted by atomic mass is 9.72. The summed E-state index contributed by atoms with van der Waals surface area (Å²) in [4.78, 5) is 23.1. The molecule has 0 spiro atoms. The Kier molecular flexibility index (Phi) is 6.79. The fraction of sp³-hybridized carbons (Fsp3) is 0.579. The average molecular weight is 333 g/mol. The van der Waals surface area contributed by atoms with Gasteiger partial charge >= 0.3 is 5.97 Å². The average Bonchev–Trinajstić information content (AvgIpc) is 2.60. The summed E-state index contributed by atoms with van der Waals surface area (Å²) in [6, 6.07) is 6.47. The van der Waals surface area contributed by atoms with Gasteiger partial charge in [-0.1, -0.05) is 31.4 Å². The zero-order chi connectivity index (χ0) is 17.4. The van der Waals surface area contributed by atoms with E-state index in [0.29, 0.717) is 6.54 Å². The van der Waals surface area contributed by atoms with Crippen molar-refractivity contribution in [1.29, 1.82) is 0 Å². The fourth-order valence-electron chi connectivity index (χ4n) is 3.43. The van der Waals surface area contributed by atoms with Gasteiger partial charge in [-0.25, -0.2) is 4.79 Å². The number of nitrogens with one attached hydrogen (secondary N) is 1. The molecule has 5 nitrogen and oxygen atoms in total. The maximum absolute atomic E-state index is 12.2. The number of hydrogen-bond donors (Lipinski definition) is 2. The van der Waals surface area contributed by atoms with Gasteiger partial charge in [0.05, 0.1) is 12.0 Å². The highest BCUT2D eigenvalue weighted by Crippen LogP contribution is 2.38. The lowest BCUT2D eigenvalue weighted by molar-refractivity contribution is -0.121. The number of hydrogen-bond acceptors (Lipinski definition) is 3. The Morgan fingerprint density at radius 3 is 2.42 bits per heavy atom. The van der Waals surface area contributed by atoms with E-state index in [0.717, 1.165) is 31.4 Å². The third kappa shape index (κ3) is 5.34. The molecule has 0 atom stereocenters. The van der Waals surface area contributed by atoms with Crippen LogP contribution in [0.4, 0.5) is 0 Å². The first-order valence-corrected chi connectivity index (χ1v) is 8.63. The summed E-state index contributed by atoms with van der Waals surface area (Å²) in [7, 11) is 1.72. The van der Waals surface area contributed by atoms with Crippen LogP contribution in [0.3, 0.4) is 0 Å². The number of carboxylic acid groups (broad SMARTS) is 1. The Morgan fingerprint density at radius 1 is 1.17 bits per heavy atom. The Hall–Kier alpha value is -1.88. The van der Waals surface area contributed by atoms with Crippen LogP contribution in [-0.2, 0) is 16.0 Å². The SMILES string of the molecule is COCCC1(CNC(=O)Cc2ccc(C(=O)O)cc2)CCCCC1. The molecule has 2 N–H and O–H groups in total. The van der Waals surface area contributed by atoms with E-state index >= 15 is 0 Å². The minimum atomic E-state index is -0.955. The number of aromatic carboxylic acids is 1. The van der Waals surface area contributed by atoms with Gasteiger partial charge in [0.1, 0.15) is 0 Å². The van der Waals surface area contributed by atoms with E-state index in [4.69, 9.17) is 9.84 Å². The van der Waals surface area contributed by atoms with Crippen molar-refractivity contribution < 1.29 is 19.4 Å². The van der Waals surface area contributed by atoms with Crippen molar-refractivity contribution in [2.24, 2.45) is 5.41 Å². The second-order valence-electron chi connectivity index (χ2n) is 6.76. The zero-order valence-electron chi connectivity index (χ0n) is 14.3. The molecule has 1 aromatic rings. The summed E-state index contributed by atoms with van der Waals surface area (Å²) in [5.41, 5.74) is 1.23. The van der Waals surface area contributed by atoms with Crippen LogP contribution in [0, 0.1) is 5.41 Å². The standard InChI is InChI=1S/C19H27NO4/c1-24-12-11-19(9-3-2-4-10-19)14-20-17(21)13-15-5-7-16(8-6-15)18(22)23/h5-8H,2-4,9-14H2,1H3,(H,20,21)(H,22,23). The van der Waals surface area contributed by atoms with E-state index in [1.165, 1.54) is 31.4 Å². The molecule has 0 aliphatic heterocycles. The van der Waals surface area contributed by atoms with Gasteiger partial charge < -0.3 is 15.2 Å². The van der Waals surface area contributed by atoms with Gasteiger partial charge in [0.25, 0.3) is 0 Å². The molecule has 2 rings (SSSR count). The first kappa shape index (κ1) is 18.5. The van der Waals surface area contributed by atoms with Crippen molar-refractivity contribution in [3.05, 3.63) is 35.4 Å². The first-order valence-electron chi connectivity index (χ1n) is 8.63. The van der Waals surface area contributed by atoms with Gasteiger partial charge in [-0.3, -0.25) is 4.79 Å². The molecule has 0 heterocycles. The number of amides is 1. The maximum Gasteiger partial charge on any atom is 0.335 e. The quantitative estimate of drug-likeness (QED) is 0.767. The highest BCUT2D eigenvalue weighted by molar-refractivity contribution is 5.87. The lowest BCUT2D eigenvalue weighted by Crippen LogP contribution is -2.40. The van der Waals surface area contributed by atoms with Crippen LogP contribution in [0.15, 0.2) is 24.3 Å². The normalized spacial score (nSPS) is 16.5. The molecule has 132 valence electrons. The molecule has 1 aromatic carbocycles. The van der Waals surface area contributed by atoms with Crippen LogP contribution < -0.4 is 5.32 Å². The number of ether oxygens (including phenoxy) is 1. The van der Waals surface area contributed by atoms with Gasteiger partial charge in [-0.05, 0) is 42.4 Å². The highest BCUT2D eigenvalue weighted by atomic mass is 16.5. The second kappa shape index (κ2) is 8.83. The monoisotopic (exact) mass is 333 g/mol. The molecule has 1 aliphatic rings. The van der Waals surface area contributed by atoms with Crippen molar-refractivity contribution in [2.45, 2.75) is 44.9 Å². The number of carboxylic acids is 1. The Bertz CT molecular complexity index is 547. The summed E-state index contributed by atoms with van der Waals surface area (Å²) in [5, 5.41) is 12.0. The molecule has 0 aromatic heterocycles. The van der Waals surface area contributed by atoms with E-state index in [2.05, 4.69) is 5.32 Å². The van der Waals surface area contributed by atoms with Crippen molar-refractivity contribution >= 4 is 11.9 Å². The highest BCUT2D eigenvalue weighted by Gasteiger charge is 2.31. The fourth-order valence-corrected chi connectivity index (χ4v) is 3.43. The molecule has 0 bridgehead atoms. The van der Waals surface area contributed by atoms with Gasteiger partial charge in [0, 0.05) is 20.3 Å². The van der Waals surface area contributed by atoms with Gasteiger partial charge in [-0.15, -0.1) is 0 Å². The summed E-state index contributed by atoms with van der Waals surface area (Å²) >= 11 is 0. The van der Waals surface area contributed by atoms with Crippen LogP contribution in [-0.4, -0.2) is 37.2 Å². The number of rotatable bonds is 8. The molecule has 1 amide bonds. The number of benzene rings is 1. The Morgan fingerprint density at radius 2 is 1.83 bits per heavy atom. The van der Waals surface area contributed by atoms with Crippen molar-refractivity contribution in [3.8, 4) is 0 Å². The number of carbonyl (C=O) groups excluding carboxylic acids is 1. The van der Waals surface area contributed by atoms with Crippen LogP contribution in [0.5, 0.6) is 0 Å². The molecule has 0 saturated heterocycles. The Labute approximate surface area is 143 Å². The molecule has 1 saturated carbocycles. The van der Waals surface area contributed by atoms with E-state index in [1.807, 2.05) is 0 Å². The summed E-state index contributed by atoms with van der Waals surface area (Å²) in [5.74, 6) is -0.969. The smallest absolute Gasteiger partial charge is 0.335 e. The van der Waals surface area contributed by atoms with Crippen molar-refractivity contribution in [3.63, 3.8) is 0 Å². The van der Waals surface area contributed by atoms with Crippen molar-refractivity contribution in [2.75, 3.05) is 20.3 Å². The molecule has 5 heteroatoms. The molecule has 0 unspecified atom stereocenters. The van der Waals surface area contributed by atoms with E-state index < -0.39 is 5.97 Å². The van der Waals surface area contributed by atoms with Crippen LogP contribution in [0.2, 0.25) is 0 Å². The van der Waals surface area contributed by atoms with Gasteiger partial charge in [-0.2, -0.15) is 0 Å². The molecule has 0 radical (unpaired) electrons. The Balaban J connectivity index is 1.87. The zero-order valence-corrected chi connectivity index (χ0v) is 14.3. The van der Waals surface area contributed by atoms with E-state index in [-0.39, 0.29) is 23.3 Å².